The van der Waals surface area contributed by atoms with E-state index in [-0.39, 0.29) is 22.8 Å². The lowest BCUT2D eigenvalue weighted by molar-refractivity contribution is 0.104. The van der Waals surface area contributed by atoms with Crippen molar-refractivity contribution in [1.29, 1.82) is 0 Å². The molecule has 4 heteroatoms. The normalized spacial score (nSPS) is 9.53. The lowest BCUT2D eigenvalue weighted by Gasteiger charge is -2.09. The van der Waals surface area contributed by atoms with Crippen molar-refractivity contribution in [2.45, 2.75) is 0 Å². The maximum absolute atomic E-state index is 13.4. The van der Waals surface area contributed by atoms with Gasteiger partial charge < -0.3 is 9.47 Å². The average molecular weight is 210 g/mol. The van der Waals surface area contributed by atoms with E-state index in [9.17, 15) is 9.18 Å². The molecule has 0 radical (unpaired) electrons. The number of carbonyl (C=O) groups excluding carboxylic acids is 1. The Morgan fingerprint density at radius 3 is 2.53 bits per heavy atom. The highest BCUT2D eigenvalue weighted by molar-refractivity contribution is 6.04. The summed E-state index contributed by atoms with van der Waals surface area (Å²) in [5, 5.41) is 0. The van der Waals surface area contributed by atoms with Crippen LogP contribution >= 0.6 is 0 Å². The zero-order valence-electron chi connectivity index (χ0n) is 8.54. The number of methoxy groups -OCH3 is 2. The summed E-state index contributed by atoms with van der Waals surface area (Å²) in [5.41, 5.74) is 0.181. The zero-order valence-corrected chi connectivity index (χ0v) is 8.54. The van der Waals surface area contributed by atoms with Gasteiger partial charge in [0, 0.05) is 5.56 Å². The van der Waals surface area contributed by atoms with Crippen LogP contribution in [0.15, 0.2) is 24.8 Å². The third-order valence-corrected chi connectivity index (χ3v) is 1.90. The molecule has 3 nitrogen and oxygen atoms in total. The molecule has 80 valence electrons. The quantitative estimate of drug-likeness (QED) is 0.564. The van der Waals surface area contributed by atoms with Crippen molar-refractivity contribution in [2.24, 2.45) is 0 Å². The molecule has 0 atom stereocenters. The van der Waals surface area contributed by atoms with E-state index >= 15 is 0 Å². The topological polar surface area (TPSA) is 35.5 Å². The summed E-state index contributed by atoms with van der Waals surface area (Å²) >= 11 is 0. The van der Waals surface area contributed by atoms with Gasteiger partial charge in [0.25, 0.3) is 0 Å². The van der Waals surface area contributed by atoms with E-state index in [2.05, 4.69) is 6.58 Å². The predicted molar refractivity (Wildman–Crippen MR) is 54.0 cm³/mol. The molecule has 0 aromatic heterocycles. The highest BCUT2D eigenvalue weighted by Gasteiger charge is 2.14. The molecular formula is C11H11FO3. The molecule has 0 amide bonds. The smallest absolute Gasteiger partial charge is 0.196 e. The first kappa shape index (κ1) is 11.2. The fourth-order valence-electron chi connectivity index (χ4n) is 1.18. The summed E-state index contributed by atoms with van der Waals surface area (Å²) in [6.45, 7) is 3.32. The van der Waals surface area contributed by atoms with Crippen molar-refractivity contribution >= 4 is 5.78 Å². The Bertz CT molecular complexity index is 399. The number of carbonyl (C=O) groups is 1. The van der Waals surface area contributed by atoms with Crippen molar-refractivity contribution in [3.63, 3.8) is 0 Å². The van der Waals surface area contributed by atoms with Crippen molar-refractivity contribution < 1.29 is 18.7 Å². The molecule has 0 heterocycles. The first-order chi connectivity index (χ1) is 7.13. The van der Waals surface area contributed by atoms with Crippen LogP contribution in [0.3, 0.4) is 0 Å². The fraction of sp³-hybridized carbons (Fsp3) is 0.182. The first-order valence-corrected chi connectivity index (χ1v) is 4.22. The van der Waals surface area contributed by atoms with Crippen molar-refractivity contribution in [1.82, 2.24) is 0 Å². The number of rotatable bonds is 4. The van der Waals surface area contributed by atoms with Crippen LogP contribution in [0.4, 0.5) is 4.39 Å². The van der Waals surface area contributed by atoms with E-state index in [1.807, 2.05) is 0 Å². The van der Waals surface area contributed by atoms with Gasteiger partial charge in [0.15, 0.2) is 23.1 Å². The lowest BCUT2D eigenvalue weighted by atomic mass is 10.1. The Morgan fingerprint density at radius 1 is 1.40 bits per heavy atom. The maximum Gasteiger partial charge on any atom is 0.196 e. The van der Waals surface area contributed by atoms with Crippen LogP contribution in [0, 0.1) is 5.82 Å². The van der Waals surface area contributed by atoms with Crippen LogP contribution in [-0.2, 0) is 0 Å². The largest absolute Gasteiger partial charge is 0.493 e. The number of allylic oxidation sites excluding steroid dienone is 1. The molecule has 0 aliphatic carbocycles. The second kappa shape index (κ2) is 4.59. The molecule has 1 aromatic carbocycles. The zero-order chi connectivity index (χ0) is 11.4. The Balaban J connectivity index is 3.31. The Labute approximate surface area is 87.1 Å². The molecule has 0 spiro atoms. The van der Waals surface area contributed by atoms with E-state index in [1.54, 1.807) is 0 Å². The van der Waals surface area contributed by atoms with E-state index < -0.39 is 5.82 Å². The summed E-state index contributed by atoms with van der Waals surface area (Å²) in [6, 6.07) is 2.50. The highest BCUT2D eigenvalue weighted by Crippen LogP contribution is 2.31. The Kier molecular flexibility index (Phi) is 3.44. The summed E-state index contributed by atoms with van der Waals surface area (Å²) in [7, 11) is 2.70. The third kappa shape index (κ3) is 2.15. The molecule has 0 saturated carbocycles. The second-order valence-electron chi connectivity index (χ2n) is 2.76. The molecule has 0 N–H and O–H groups in total. The first-order valence-electron chi connectivity index (χ1n) is 4.22. The third-order valence-electron chi connectivity index (χ3n) is 1.90. The van der Waals surface area contributed by atoms with Gasteiger partial charge in [-0.05, 0) is 18.2 Å². The molecule has 0 saturated heterocycles. The van der Waals surface area contributed by atoms with Crippen LogP contribution < -0.4 is 9.47 Å². The molecule has 1 rings (SSSR count). The molecule has 0 aliphatic rings. The number of benzene rings is 1. The summed E-state index contributed by atoms with van der Waals surface area (Å²) in [4.78, 5) is 11.3. The molecule has 1 aromatic rings. The van der Waals surface area contributed by atoms with Crippen molar-refractivity contribution in [3.05, 3.63) is 36.2 Å². The van der Waals surface area contributed by atoms with Crippen LogP contribution in [0.1, 0.15) is 10.4 Å². The number of ether oxygens (including phenoxy) is 2. The summed E-state index contributed by atoms with van der Waals surface area (Å²) in [6.07, 6.45) is 1.11. The van der Waals surface area contributed by atoms with Gasteiger partial charge in [0.2, 0.25) is 0 Å². The molecule has 0 fully saturated rings. The van der Waals surface area contributed by atoms with Gasteiger partial charge >= 0.3 is 0 Å². The molecule has 0 aliphatic heterocycles. The van der Waals surface area contributed by atoms with E-state index in [1.165, 1.54) is 20.3 Å². The van der Waals surface area contributed by atoms with E-state index in [4.69, 9.17) is 9.47 Å². The maximum atomic E-state index is 13.4. The fourth-order valence-corrected chi connectivity index (χ4v) is 1.18. The van der Waals surface area contributed by atoms with Crippen LogP contribution in [-0.4, -0.2) is 20.0 Å². The van der Waals surface area contributed by atoms with E-state index in [0.29, 0.717) is 0 Å². The average Bonchev–Trinajstić information content (AvgIpc) is 2.26. The number of halogens is 1. The van der Waals surface area contributed by atoms with Crippen molar-refractivity contribution in [2.75, 3.05) is 14.2 Å². The monoisotopic (exact) mass is 210 g/mol. The SMILES string of the molecule is C=CC(=O)c1cc(F)c(OC)c(OC)c1. The van der Waals surface area contributed by atoms with Crippen LogP contribution in [0.25, 0.3) is 0 Å². The van der Waals surface area contributed by atoms with Gasteiger partial charge in [0.05, 0.1) is 14.2 Å². The number of hydrogen-bond acceptors (Lipinski definition) is 3. The molecule has 0 bridgehead atoms. The van der Waals surface area contributed by atoms with Gasteiger partial charge in [-0.1, -0.05) is 6.58 Å². The second-order valence-corrected chi connectivity index (χ2v) is 2.76. The van der Waals surface area contributed by atoms with Crippen LogP contribution in [0.2, 0.25) is 0 Å². The molecule has 0 unspecified atom stereocenters. The van der Waals surface area contributed by atoms with Gasteiger partial charge in [0.1, 0.15) is 0 Å². The highest BCUT2D eigenvalue weighted by atomic mass is 19.1. The van der Waals surface area contributed by atoms with Gasteiger partial charge in [-0.25, -0.2) is 4.39 Å². The lowest BCUT2D eigenvalue weighted by Crippen LogP contribution is -2.00. The van der Waals surface area contributed by atoms with Gasteiger partial charge in [-0.2, -0.15) is 0 Å². The van der Waals surface area contributed by atoms with Crippen molar-refractivity contribution in [3.8, 4) is 11.5 Å². The van der Waals surface area contributed by atoms with E-state index in [0.717, 1.165) is 12.1 Å². The minimum absolute atomic E-state index is 0.0156. The number of ketones is 1. The van der Waals surface area contributed by atoms with Gasteiger partial charge in [-0.3, -0.25) is 4.79 Å². The molecule has 15 heavy (non-hydrogen) atoms. The molecular weight excluding hydrogens is 199 g/mol. The minimum atomic E-state index is -0.637. The predicted octanol–water partition coefficient (Wildman–Crippen LogP) is 2.21. The Hall–Kier alpha value is -1.84. The number of hydrogen-bond donors (Lipinski definition) is 0. The minimum Gasteiger partial charge on any atom is -0.493 e. The Morgan fingerprint density at radius 2 is 2.07 bits per heavy atom. The van der Waals surface area contributed by atoms with Gasteiger partial charge in [-0.15, -0.1) is 0 Å². The summed E-state index contributed by atoms with van der Waals surface area (Å²) < 4.78 is 23.1. The summed E-state index contributed by atoms with van der Waals surface area (Å²) in [5.74, 6) is -0.835. The standard InChI is InChI=1S/C11H11FO3/c1-4-9(13)7-5-8(12)11(15-3)10(6-7)14-2/h4-6H,1H2,2-3H3. The van der Waals surface area contributed by atoms with Crippen LogP contribution in [0.5, 0.6) is 11.5 Å².